The molecule has 3 aromatic carbocycles. The summed E-state index contributed by atoms with van der Waals surface area (Å²) < 4.78 is 22.2. The summed E-state index contributed by atoms with van der Waals surface area (Å²) in [6.07, 6.45) is 1.29. The van der Waals surface area contributed by atoms with Gasteiger partial charge in [0, 0.05) is 38.4 Å². The molecular weight excluding hydrogens is 460 g/mol. The fourth-order valence-corrected chi connectivity index (χ4v) is 4.46. The third-order valence-electron chi connectivity index (χ3n) is 6.47. The van der Waals surface area contributed by atoms with Gasteiger partial charge in [-0.05, 0) is 48.5 Å². The molecule has 0 saturated carbocycles. The van der Waals surface area contributed by atoms with Gasteiger partial charge in [0.15, 0.2) is 11.5 Å². The molecule has 0 radical (unpaired) electrons. The summed E-state index contributed by atoms with van der Waals surface area (Å²) in [7, 11) is 3.20. The molecule has 2 heterocycles. The molecule has 1 saturated heterocycles. The summed E-state index contributed by atoms with van der Waals surface area (Å²) in [5.74, 6) is 1.91. The number of aromatic hydroxyl groups is 1. The maximum absolute atomic E-state index is 13.2. The molecule has 1 N–H and O–H groups in total. The van der Waals surface area contributed by atoms with E-state index in [1.807, 2.05) is 18.2 Å². The predicted molar refractivity (Wildman–Crippen MR) is 138 cm³/mol. The number of rotatable bonds is 7. The second-order valence-electron chi connectivity index (χ2n) is 8.58. The SMILES string of the molecule is COc1ccc(N2CCN(Cc3c(O)ccc4c(=O)c(Oc5ccccc5OC)coc34)CC2)cc1. The van der Waals surface area contributed by atoms with Crippen molar-refractivity contribution in [2.24, 2.45) is 0 Å². The Morgan fingerprint density at radius 1 is 0.861 bits per heavy atom. The van der Waals surface area contributed by atoms with Crippen molar-refractivity contribution < 1.29 is 23.7 Å². The molecule has 186 valence electrons. The minimum Gasteiger partial charge on any atom is -0.507 e. The zero-order valence-electron chi connectivity index (χ0n) is 20.3. The first-order valence-electron chi connectivity index (χ1n) is 11.8. The predicted octanol–water partition coefficient (Wildman–Crippen LogP) is 4.63. The average Bonchev–Trinajstić information content (AvgIpc) is 2.92. The average molecular weight is 489 g/mol. The zero-order chi connectivity index (χ0) is 25.1. The minimum atomic E-state index is -0.312. The lowest BCUT2D eigenvalue weighted by molar-refractivity contribution is 0.246. The number of anilines is 1. The van der Waals surface area contributed by atoms with Gasteiger partial charge in [-0.2, -0.15) is 0 Å². The molecule has 8 heteroatoms. The summed E-state index contributed by atoms with van der Waals surface area (Å²) in [5, 5.41) is 11.0. The minimum absolute atomic E-state index is 0.0525. The van der Waals surface area contributed by atoms with Crippen LogP contribution in [0.4, 0.5) is 5.69 Å². The van der Waals surface area contributed by atoms with Gasteiger partial charge in [-0.25, -0.2) is 0 Å². The Kier molecular flexibility index (Phi) is 6.69. The number of fused-ring (bicyclic) bond motifs is 1. The van der Waals surface area contributed by atoms with Crippen LogP contribution in [0.1, 0.15) is 5.56 Å². The maximum Gasteiger partial charge on any atom is 0.235 e. The number of benzene rings is 3. The first kappa shape index (κ1) is 23.6. The van der Waals surface area contributed by atoms with E-state index >= 15 is 0 Å². The second-order valence-corrected chi connectivity index (χ2v) is 8.58. The van der Waals surface area contributed by atoms with Gasteiger partial charge in [0.25, 0.3) is 0 Å². The van der Waals surface area contributed by atoms with Crippen LogP contribution in [0.3, 0.4) is 0 Å². The van der Waals surface area contributed by atoms with Gasteiger partial charge >= 0.3 is 0 Å². The third kappa shape index (κ3) is 4.67. The molecule has 1 aliphatic rings. The summed E-state index contributed by atoms with van der Waals surface area (Å²) in [4.78, 5) is 17.8. The number of hydrogen-bond donors (Lipinski definition) is 1. The molecule has 1 aromatic heterocycles. The van der Waals surface area contributed by atoms with E-state index in [4.69, 9.17) is 18.6 Å². The lowest BCUT2D eigenvalue weighted by Gasteiger charge is -2.36. The van der Waals surface area contributed by atoms with E-state index in [2.05, 4.69) is 21.9 Å². The van der Waals surface area contributed by atoms with E-state index in [0.717, 1.165) is 37.6 Å². The molecule has 8 nitrogen and oxygen atoms in total. The lowest BCUT2D eigenvalue weighted by atomic mass is 10.1. The van der Waals surface area contributed by atoms with Gasteiger partial charge in [-0.1, -0.05) is 12.1 Å². The van der Waals surface area contributed by atoms with Crippen molar-refractivity contribution in [3.05, 3.63) is 82.7 Å². The van der Waals surface area contributed by atoms with Crippen LogP contribution in [0.25, 0.3) is 11.0 Å². The van der Waals surface area contributed by atoms with Crippen molar-refractivity contribution >= 4 is 16.7 Å². The molecule has 0 aliphatic carbocycles. The fourth-order valence-electron chi connectivity index (χ4n) is 4.46. The topological polar surface area (TPSA) is 84.6 Å². The summed E-state index contributed by atoms with van der Waals surface area (Å²) in [6.45, 7) is 3.77. The Labute approximate surface area is 208 Å². The van der Waals surface area contributed by atoms with Crippen molar-refractivity contribution in [1.82, 2.24) is 4.90 Å². The van der Waals surface area contributed by atoms with Gasteiger partial charge in [-0.3, -0.25) is 9.69 Å². The number of para-hydroxylation sites is 2. The molecule has 1 fully saturated rings. The number of methoxy groups -OCH3 is 2. The van der Waals surface area contributed by atoms with Gasteiger partial charge in [0.05, 0.1) is 25.2 Å². The lowest BCUT2D eigenvalue weighted by Crippen LogP contribution is -2.46. The van der Waals surface area contributed by atoms with Gasteiger partial charge < -0.3 is 28.6 Å². The number of nitrogens with zero attached hydrogens (tertiary/aromatic N) is 2. The second kappa shape index (κ2) is 10.2. The van der Waals surface area contributed by atoms with Crippen LogP contribution in [-0.4, -0.2) is 50.4 Å². The Hall–Kier alpha value is -4.17. The molecule has 5 rings (SSSR count). The molecule has 0 amide bonds. The van der Waals surface area contributed by atoms with E-state index in [1.165, 1.54) is 19.4 Å². The van der Waals surface area contributed by atoms with Crippen LogP contribution >= 0.6 is 0 Å². The highest BCUT2D eigenvalue weighted by atomic mass is 16.5. The molecule has 0 bridgehead atoms. The maximum atomic E-state index is 13.2. The van der Waals surface area contributed by atoms with Crippen LogP contribution in [-0.2, 0) is 6.54 Å². The number of phenolic OH excluding ortho intramolecular Hbond substituents is 1. The van der Waals surface area contributed by atoms with Gasteiger partial charge in [0.1, 0.15) is 23.3 Å². The molecule has 0 atom stereocenters. The fraction of sp³-hybridized carbons (Fsp3) is 0.250. The normalized spacial score (nSPS) is 14.1. The Morgan fingerprint density at radius 3 is 2.28 bits per heavy atom. The standard InChI is InChI=1S/C28H28N2O6/c1-33-20-9-7-19(8-10-20)30-15-13-29(14-16-30)17-22-23(31)12-11-21-27(32)26(18-35-28(21)22)36-25-6-4-3-5-24(25)34-2/h3-12,18,31H,13-17H2,1-2H3. The Balaban J connectivity index is 1.34. The van der Waals surface area contributed by atoms with E-state index < -0.39 is 0 Å². The van der Waals surface area contributed by atoms with Gasteiger partial charge in [0.2, 0.25) is 11.2 Å². The number of hydrogen-bond acceptors (Lipinski definition) is 8. The van der Waals surface area contributed by atoms with Crippen molar-refractivity contribution in [2.45, 2.75) is 6.54 Å². The monoisotopic (exact) mass is 488 g/mol. The third-order valence-corrected chi connectivity index (χ3v) is 6.47. The molecular formula is C28H28N2O6. The highest BCUT2D eigenvalue weighted by Crippen LogP contribution is 2.33. The molecule has 0 spiro atoms. The number of piperazine rings is 1. The molecule has 4 aromatic rings. The quantitative estimate of drug-likeness (QED) is 0.403. The number of phenols is 1. The van der Waals surface area contributed by atoms with Crippen LogP contribution in [0, 0.1) is 0 Å². The highest BCUT2D eigenvalue weighted by Gasteiger charge is 2.22. The first-order chi connectivity index (χ1) is 17.6. The van der Waals surface area contributed by atoms with E-state index in [9.17, 15) is 9.90 Å². The zero-order valence-corrected chi connectivity index (χ0v) is 20.3. The molecule has 1 aliphatic heterocycles. The summed E-state index contributed by atoms with van der Waals surface area (Å²) in [5.41, 5.74) is 1.79. The molecule has 36 heavy (non-hydrogen) atoms. The van der Waals surface area contributed by atoms with E-state index in [-0.39, 0.29) is 16.9 Å². The van der Waals surface area contributed by atoms with Crippen LogP contribution in [0.15, 0.2) is 76.1 Å². The Bertz CT molecular complexity index is 1410. The van der Waals surface area contributed by atoms with E-state index in [0.29, 0.717) is 34.6 Å². The molecule has 0 unspecified atom stereocenters. The Morgan fingerprint density at radius 2 is 1.58 bits per heavy atom. The van der Waals surface area contributed by atoms with Crippen LogP contribution in [0.2, 0.25) is 0 Å². The largest absolute Gasteiger partial charge is 0.507 e. The summed E-state index contributed by atoms with van der Waals surface area (Å²) >= 11 is 0. The first-order valence-corrected chi connectivity index (χ1v) is 11.8. The van der Waals surface area contributed by atoms with Gasteiger partial charge in [-0.15, -0.1) is 0 Å². The van der Waals surface area contributed by atoms with Crippen LogP contribution in [0.5, 0.6) is 28.7 Å². The van der Waals surface area contributed by atoms with Crippen molar-refractivity contribution in [3.63, 3.8) is 0 Å². The summed E-state index contributed by atoms with van der Waals surface area (Å²) in [6, 6.07) is 18.2. The number of ether oxygens (including phenoxy) is 3. The van der Waals surface area contributed by atoms with Crippen molar-refractivity contribution in [1.29, 1.82) is 0 Å². The van der Waals surface area contributed by atoms with Crippen molar-refractivity contribution in [3.8, 4) is 28.7 Å². The van der Waals surface area contributed by atoms with E-state index in [1.54, 1.807) is 31.4 Å². The smallest absolute Gasteiger partial charge is 0.235 e. The van der Waals surface area contributed by atoms with Crippen molar-refractivity contribution in [2.75, 3.05) is 45.3 Å². The van der Waals surface area contributed by atoms with Crippen LogP contribution < -0.4 is 24.5 Å². The highest BCUT2D eigenvalue weighted by molar-refractivity contribution is 5.83.